The fourth-order valence-corrected chi connectivity index (χ4v) is 2.20. The van der Waals surface area contributed by atoms with Crippen LogP contribution in [0.15, 0.2) is 47.3 Å². The van der Waals surface area contributed by atoms with Crippen LogP contribution < -0.4 is 5.32 Å². The van der Waals surface area contributed by atoms with Crippen LogP contribution >= 0.6 is 0 Å². The molecule has 0 amide bonds. The highest BCUT2D eigenvalue weighted by Crippen LogP contribution is 2.27. The maximum Gasteiger partial charge on any atom is 0.134 e. The molecule has 102 valence electrons. The molecule has 0 saturated carbocycles. The van der Waals surface area contributed by atoms with E-state index in [0.29, 0.717) is 11.3 Å². The van der Waals surface area contributed by atoms with E-state index in [1.54, 1.807) is 12.3 Å². The minimum Gasteiger partial charge on any atom is -0.459 e. The average Bonchev–Trinajstić information content (AvgIpc) is 2.88. The van der Waals surface area contributed by atoms with Gasteiger partial charge in [-0.1, -0.05) is 6.92 Å². The van der Waals surface area contributed by atoms with Crippen molar-refractivity contribution in [3.05, 3.63) is 60.1 Å². The van der Waals surface area contributed by atoms with Gasteiger partial charge in [-0.05, 0) is 36.9 Å². The Morgan fingerprint density at radius 2 is 2.20 bits per heavy atom. The van der Waals surface area contributed by atoms with Crippen molar-refractivity contribution in [2.45, 2.75) is 13.0 Å². The molecule has 5 heteroatoms. The number of halogens is 1. The third-order valence-electron chi connectivity index (χ3n) is 3.09. The topological polar surface area (TPSA) is 51.0 Å². The number of fused-ring (bicyclic) bond motifs is 1. The van der Waals surface area contributed by atoms with E-state index in [1.165, 1.54) is 18.5 Å². The Morgan fingerprint density at radius 1 is 1.30 bits per heavy atom. The molecule has 0 aliphatic rings. The van der Waals surface area contributed by atoms with Crippen molar-refractivity contribution in [2.75, 3.05) is 6.54 Å². The molecule has 0 spiro atoms. The van der Waals surface area contributed by atoms with Crippen LogP contribution in [0.25, 0.3) is 11.0 Å². The predicted molar refractivity (Wildman–Crippen MR) is 73.7 cm³/mol. The van der Waals surface area contributed by atoms with Crippen LogP contribution in [0.1, 0.15) is 24.4 Å². The second-order valence-electron chi connectivity index (χ2n) is 4.46. The number of nitrogens with one attached hydrogen (secondary N) is 1. The fourth-order valence-electron chi connectivity index (χ4n) is 2.20. The molecule has 1 atom stereocenters. The van der Waals surface area contributed by atoms with E-state index in [9.17, 15) is 4.39 Å². The van der Waals surface area contributed by atoms with Crippen molar-refractivity contribution < 1.29 is 8.81 Å². The quantitative estimate of drug-likeness (QED) is 0.792. The zero-order chi connectivity index (χ0) is 13.9. The molecule has 0 aliphatic heterocycles. The summed E-state index contributed by atoms with van der Waals surface area (Å²) in [5, 5.41) is 4.06. The monoisotopic (exact) mass is 271 g/mol. The molecule has 0 aliphatic carbocycles. The van der Waals surface area contributed by atoms with Gasteiger partial charge < -0.3 is 9.73 Å². The zero-order valence-electron chi connectivity index (χ0n) is 11.0. The highest BCUT2D eigenvalue weighted by molar-refractivity contribution is 5.78. The molecular weight excluding hydrogens is 257 g/mol. The second kappa shape index (κ2) is 5.38. The molecule has 0 radical (unpaired) electrons. The Bertz CT molecular complexity index is 711. The molecule has 0 bridgehead atoms. The van der Waals surface area contributed by atoms with E-state index in [2.05, 4.69) is 15.3 Å². The van der Waals surface area contributed by atoms with Gasteiger partial charge in [0.15, 0.2) is 0 Å². The summed E-state index contributed by atoms with van der Waals surface area (Å²) in [5.41, 5.74) is 1.49. The van der Waals surface area contributed by atoms with Crippen LogP contribution in [-0.4, -0.2) is 16.5 Å². The highest BCUT2D eigenvalue weighted by atomic mass is 19.1. The van der Waals surface area contributed by atoms with Gasteiger partial charge in [-0.15, -0.1) is 0 Å². The lowest BCUT2D eigenvalue weighted by atomic mass is 10.1. The Morgan fingerprint density at radius 3 is 2.95 bits per heavy atom. The normalized spacial score (nSPS) is 12.7. The Kier molecular flexibility index (Phi) is 3.43. The summed E-state index contributed by atoms with van der Waals surface area (Å²) in [6.45, 7) is 2.77. The van der Waals surface area contributed by atoms with E-state index < -0.39 is 0 Å². The SMILES string of the molecule is CCNC(c1ccncn1)c1cc2cc(F)ccc2o1. The maximum atomic E-state index is 13.2. The minimum atomic E-state index is -0.271. The van der Waals surface area contributed by atoms with Crippen molar-refractivity contribution in [3.63, 3.8) is 0 Å². The molecule has 20 heavy (non-hydrogen) atoms. The summed E-state index contributed by atoms with van der Waals surface area (Å²) < 4.78 is 19.0. The second-order valence-corrected chi connectivity index (χ2v) is 4.46. The standard InChI is InChI=1S/C15H14FN3O/c1-2-18-15(12-5-6-17-9-19-12)14-8-10-7-11(16)3-4-13(10)20-14/h3-9,15,18H,2H2,1H3. The van der Waals surface area contributed by atoms with Crippen molar-refractivity contribution in [1.29, 1.82) is 0 Å². The molecule has 1 unspecified atom stereocenters. The van der Waals surface area contributed by atoms with Crippen LogP contribution in [0.4, 0.5) is 4.39 Å². The van der Waals surface area contributed by atoms with E-state index in [1.807, 2.05) is 19.1 Å². The molecular formula is C15H14FN3O. The molecule has 3 aromatic rings. The van der Waals surface area contributed by atoms with Crippen molar-refractivity contribution in [1.82, 2.24) is 15.3 Å². The van der Waals surface area contributed by atoms with Gasteiger partial charge in [-0.2, -0.15) is 0 Å². The smallest absolute Gasteiger partial charge is 0.134 e. The first-order valence-electron chi connectivity index (χ1n) is 6.46. The van der Waals surface area contributed by atoms with Gasteiger partial charge >= 0.3 is 0 Å². The van der Waals surface area contributed by atoms with Crippen LogP contribution in [-0.2, 0) is 0 Å². The Balaban J connectivity index is 2.05. The van der Waals surface area contributed by atoms with E-state index >= 15 is 0 Å². The van der Waals surface area contributed by atoms with E-state index in [-0.39, 0.29) is 11.9 Å². The third-order valence-corrected chi connectivity index (χ3v) is 3.09. The largest absolute Gasteiger partial charge is 0.459 e. The summed E-state index contributed by atoms with van der Waals surface area (Å²) in [5.74, 6) is 0.443. The third kappa shape index (κ3) is 2.40. The predicted octanol–water partition coefficient (Wildman–Crippen LogP) is 3.06. The summed E-state index contributed by atoms with van der Waals surface area (Å²) >= 11 is 0. The molecule has 1 aromatic carbocycles. The lowest BCUT2D eigenvalue weighted by Gasteiger charge is -2.14. The Labute approximate surface area is 115 Å². The molecule has 3 rings (SSSR count). The van der Waals surface area contributed by atoms with Gasteiger partial charge in [0.1, 0.15) is 29.5 Å². The molecule has 4 nitrogen and oxygen atoms in total. The fraction of sp³-hybridized carbons (Fsp3) is 0.200. The first-order valence-corrected chi connectivity index (χ1v) is 6.46. The number of rotatable bonds is 4. The van der Waals surface area contributed by atoms with Gasteiger partial charge in [-0.25, -0.2) is 14.4 Å². The van der Waals surface area contributed by atoms with Crippen LogP contribution in [0.5, 0.6) is 0 Å². The zero-order valence-corrected chi connectivity index (χ0v) is 11.0. The van der Waals surface area contributed by atoms with Crippen LogP contribution in [0.2, 0.25) is 0 Å². The number of nitrogens with zero attached hydrogens (tertiary/aromatic N) is 2. The maximum absolute atomic E-state index is 13.2. The van der Waals surface area contributed by atoms with Crippen LogP contribution in [0.3, 0.4) is 0 Å². The van der Waals surface area contributed by atoms with Crippen LogP contribution in [0, 0.1) is 5.82 Å². The van der Waals surface area contributed by atoms with Gasteiger partial charge in [0.25, 0.3) is 0 Å². The summed E-state index contributed by atoms with van der Waals surface area (Å²) in [6, 6.07) is 8.00. The van der Waals surface area contributed by atoms with E-state index in [4.69, 9.17) is 4.42 Å². The van der Waals surface area contributed by atoms with Gasteiger partial charge in [-0.3, -0.25) is 0 Å². The number of hydrogen-bond donors (Lipinski definition) is 1. The number of furan rings is 1. The highest BCUT2D eigenvalue weighted by Gasteiger charge is 2.18. The first-order chi connectivity index (χ1) is 9.78. The number of benzene rings is 1. The summed E-state index contributed by atoms with van der Waals surface area (Å²) in [6.07, 6.45) is 3.19. The summed E-state index contributed by atoms with van der Waals surface area (Å²) in [7, 11) is 0. The molecule has 2 heterocycles. The van der Waals surface area contributed by atoms with Gasteiger partial charge in [0.05, 0.1) is 5.69 Å². The van der Waals surface area contributed by atoms with Crippen molar-refractivity contribution >= 4 is 11.0 Å². The lowest BCUT2D eigenvalue weighted by molar-refractivity contribution is 0.470. The number of hydrogen-bond acceptors (Lipinski definition) is 4. The van der Waals surface area contributed by atoms with Gasteiger partial charge in [0, 0.05) is 11.6 Å². The van der Waals surface area contributed by atoms with Crippen molar-refractivity contribution in [3.8, 4) is 0 Å². The van der Waals surface area contributed by atoms with Gasteiger partial charge in [0.2, 0.25) is 0 Å². The average molecular weight is 271 g/mol. The molecule has 0 saturated heterocycles. The van der Waals surface area contributed by atoms with Crippen molar-refractivity contribution in [2.24, 2.45) is 0 Å². The molecule has 2 aromatic heterocycles. The first kappa shape index (κ1) is 12.7. The van der Waals surface area contributed by atoms with E-state index in [0.717, 1.165) is 17.6 Å². The summed E-state index contributed by atoms with van der Waals surface area (Å²) in [4.78, 5) is 8.17. The Hall–Kier alpha value is -2.27. The number of aromatic nitrogens is 2. The lowest BCUT2D eigenvalue weighted by Crippen LogP contribution is -2.22. The minimum absolute atomic E-state index is 0.168. The molecule has 0 fully saturated rings. The molecule has 1 N–H and O–H groups in total.